The first-order valence-electron chi connectivity index (χ1n) is 5.81. The van der Waals surface area contributed by atoms with Gasteiger partial charge in [-0.3, -0.25) is 4.98 Å². The summed E-state index contributed by atoms with van der Waals surface area (Å²) in [5.41, 5.74) is 1.82. The summed E-state index contributed by atoms with van der Waals surface area (Å²) in [5.74, 6) is -0.151. The summed E-state index contributed by atoms with van der Waals surface area (Å²) in [6.45, 7) is 3.66. The number of aromatic nitrogens is 1. The van der Waals surface area contributed by atoms with Gasteiger partial charge in [-0.05, 0) is 31.5 Å². The van der Waals surface area contributed by atoms with Crippen LogP contribution in [-0.2, 0) is 11.2 Å². The maximum Gasteiger partial charge on any atom is 0.374 e. The zero-order valence-electron chi connectivity index (χ0n) is 10.4. The highest BCUT2D eigenvalue weighted by Crippen LogP contribution is 2.13. The minimum absolute atomic E-state index is 0.216. The lowest BCUT2D eigenvalue weighted by Crippen LogP contribution is -2.17. The molecule has 2 rings (SSSR count). The molecule has 2 heterocycles. The lowest BCUT2D eigenvalue weighted by Gasteiger charge is -2.12. The third-order valence-electron chi connectivity index (χ3n) is 2.60. The summed E-state index contributed by atoms with van der Waals surface area (Å²) in [4.78, 5) is 15.8. The van der Waals surface area contributed by atoms with Crippen molar-refractivity contribution < 1.29 is 13.9 Å². The van der Waals surface area contributed by atoms with Crippen molar-refractivity contribution in [2.24, 2.45) is 0 Å². The van der Waals surface area contributed by atoms with E-state index in [1.54, 1.807) is 18.5 Å². The number of ether oxygens (including phenoxy) is 1. The Balaban J connectivity index is 1.94. The number of esters is 1. The molecule has 94 valence electrons. The Hall–Kier alpha value is -2.10. The van der Waals surface area contributed by atoms with Crippen LogP contribution in [0.25, 0.3) is 0 Å². The Kier molecular flexibility index (Phi) is 3.77. The normalized spacial score (nSPS) is 12.1. The largest absolute Gasteiger partial charge is 0.457 e. The van der Waals surface area contributed by atoms with Gasteiger partial charge >= 0.3 is 5.97 Å². The summed E-state index contributed by atoms with van der Waals surface area (Å²) in [6, 6.07) is 5.55. The van der Waals surface area contributed by atoms with Crippen LogP contribution in [0.2, 0.25) is 0 Å². The van der Waals surface area contributed by atoms with E-state index >= 15 is 0 Å². The van der Waals surface area contributed by atoms with Gasteiger partial charge in [-0.15, -0.1) is 0 Å². The third-order valence-corrected chi connectivity index (χ3v) is 2.60. The molecule has 0 amide bonds. The summed E-state index contributed by atoms with van der Waals surface area (Å²) in [7, 11) is 0. The van der Waals surface area contributed by atoms with Crippen molar-refractivity contribution in [2.75, 3.05) is 0 Å². The highest BCUT2D eigenvalue weighted by Gasteiger charge is 2.17. The van der Waals surface area contributed by atoms with E-state index in [1.165, 1.54) is 6.26 Å². The predicted molar refractivity (Wildman–Crippen MR) is 66.3 cm³/mol. The van der Waals surface area contributed by atoms with Crippen molar-refractivity contribution >= 4 is 5.97 Å². The summed E-state index contributed by atoms with van der Waals surface area (Å²) in [6.07, 6.45) is 5.39. The molecule has 0 aromatic carbocycles. The molecule has 0 aliphatic carbocycles. The fourth-order valence-corrected chi connectivity index (χ4v) is 1.71. The maximum atomic E-state index is 11.8. The van der Waals surface area contributed by atoms with E-state index in [0.29, 0.717) is 6.42 Å². The number of hydrogen-bond donors (Lipinski definition) is 0. The van der Waals surface area contributed by atoms with Crippen LogP contribution >= 0.6 is 0 Å². The van der Waals surface area contributed by atoms with E-state index in [-0.39, 0.29) is 11.9 Å². The Morgan fingerprint density at radius 2 is 2.33 bits per heavy atom. The number of nitrogens with zero attached hydrogens (tertiary/aromatic N) is 1. The Labute approximate surface area is 106 Å². The van der Waals surface area contributed by atoms with Crippen LogP contribution in [0.15, 0.2) is 41.3 Å². The minimum Gasteiger partial charge on any atom is -0.457 e. The molecule has 0 saturated carbocycles. The number of aryl methyl sites for hydroxylation is 1. The first-order valence-corrected chi connectivity index (χ1v) is 5.81. The molecule has 0 N–H and O–H groups in total. The standard InChI is InChI=1S/C14H15NO3/c1-10-5-7-17-13(10)14(16)18-11(2)8-12-4-3-6-15-9-12/h3-7,9,11H,8H2,1-2H3/t11-/m1/s1. The van der Waals surface area contributed by atoms with Gasteiger partial charge < -0.3 is 9.15 Å². The summed E-state index contributed by atoms with van der Waals surface area (Å²) >= 11 is 0. The number of furan rings is 1. The predicted octanol–water partition coefficient (Wildman–Crippen LogP) is 2.77. The Morgan fingerprint density at radius 1 is 1.50 bits per heavy atom. The second-order valence-electron chi connectivity index (χ2n) is 4.21. The van der Waals surface area contributed by atoms with Gasteiger partial charge in [0.05, 0.1) is 6.26 Å². The molecule has 0 spiro atoms. The molecule has 1 atom stereocenters. The molecule has 0 aliphatic heterocycles. The fraction of sp³-hybridized carbons (Fsp3) is 0.286. The molecule has 0 fully saturated rings. The number of carbonyl (C=O) groups excluding carboxylic acids is 1. The van der Waals surface area contributed by atoms with Crippen LogP contribution in [-0.4, -0.2) is 17.1 Å². The Bertz CT molecular complexity index is 519. The number of rotatable bonds is 4. The molecule has 0 unspecified atom stereocenters. The minimum atomic E-state index is -0.422. The van der Waals surface area contributed by atoms with Crippen molar-refractivity contribution in [3.63, 3.8) is 0 Å². The van der Waals surface area contributed by atoms with Crippen molar-refractivity contribution in [3.8, 4) is 0 Å². The molecule has 4 heteroatoms. The van der Waals surface area contributed by atoms with Gasteiger partial charge in [0.25, 0.3) is 0 Å². The number of carbonyl (C=O) groups is 1. The maximum absolute atomic E-state index is 11.8. The van der Waals surface area contributed by atoms with Crippen LogP contribution in [0.1, 0.15) is 28.6 Å². The van der Waals surface area contributed by atoms with Crippen molar-refractivity contribution in [1.82, 2.24) is 4.98 Å². The average Bonchev–Trinajstić information content (AvgIpc) is 2.76. The van der Waals surface area contributed by atoms with Gasteiger partial charge in [0, 0.05) is 24.4 Å². The molecule has 0 saturated heterocycles. The van der Waals surface area contributed by atoms with Gasteiger partial charge in [-0.2, -0.15) is 0 Å². The lowest BCUT2D eigenvalue weighted by molar-refractivity contribution is 0.0305. The third kappa shape index (κ3) is 2.97. The van der Waals surface area contributed by atoms with E-state index < -0.39 is 5.97 Å². The van der Waals surface area contributed by atoms with Crippen LogP contribution < -0.4 is 0 Å². The smallest absolute Gasteiger partial charge is 0.374 e. The van der Waals surface area contributed by atoms with Crippen LogP contribution in [0.4, 0.5) is 0 Å². The number of hydrogen-bond acceptors (Lipinski definition) is 4. The van der Waals surface area contributed by atoms with E-state index in [4.69, 9.17) is 9.15 Å². The van der Waals surface area contributed by atoms with E-state index in [1.807, 2.05) is 26.0 Å². The van der Waals surface area contributed by atoms with Gasteiger partial charge in [-0.1, -0.05) is 6.07 Å². The molecule has 0 radical (unpaired) electrons. The summed E-state index contributed by atoms with van der Waals surface area (Å²) in [5, 5.41) is 0. The second kappa shape index (κ2) is 5.49. The lowest BCUT2D eigenvalue weighted by atomic mass is 10.1. The zero-order valence-corrected chi connectivity index (χ0v) is 10.4. The van der Waals surface area contributed by atoms with E-state index in [2.05, 4.69) is 4.98 Å². The molecule has 0 aliphatic rings. The second-order valence-corrected chi connectivity index (χ2v) is 4.21. The first-order chi connectivity index (χ1) is 8.66. The van der Waals surface area contributed by atoms with Crippen LogP contribution in [0.5, 0.6) is 0 Å². The number of pyridine rings is 1. The molecular formula is C14H15NO3. The molecular weight excluding hydrogens is 230 g/mol. The Morgan fingerprint density at radius 3 is 2.94 bits per heavy atom. The quantitative estimate of drug-likeness (QED) is 0.777. The molecule has 2 aromatic rings. The molecule has 4 nitrogen and oxygen atoms in total. The summed E-state index contributed by atoms with van der Waals surface area (Å²) < 4.78 is 10.4. The van der Waals surface area contributed by atoms with Crippen LogP contribution in [0.3, 0.4) is 0 Å². The van der Waals surface area contributed by atoms with E-state index in [9.17, 15) is 4.79 Å². The van der Waals surface area contributed by atoms with Crippen molar-refractivity contribution in [1.29, 1.82) is 0 Å². The van der Waals surface area contributed by atoms with Crippen molar-refractivity contribution in [2.45, 2.75) is 26.4 Å². The fourth-order valence-electron chi connectivity index (χ4n) is 1.71. The van der Waals surface area contributed by atoms with Crippen LogP contribution in [0, 0.1) is 6.92 Å². The molecule has 18 heavy (non-hydrogen) atoms. The van der Waals surface area contributed by atoms with Gasteiger partial charge in [0.15, 0.2) is 0 Å². The topological polar surface area (TPSA) is 52.3 Å². The molecule has 0 bridgehead atoms. The van der Waals surface area contributed by atoms with Gasteiger partial charge in [-0.25, -0.2) is 4.79 Å². The SMILES string of the molecule is Cc1ccoc1C(=O)O[C@H](C)Cc1cccnc1. The highest BCUT2D eigenvalue weighted by atomic mass is 16.6. The highest BCUT2D eigenvalue weighted by molar-refractivity contribution is 5.87. The monoisotopic (exact) mass is 245 g/mol. The van der Waals surface area contributed by atoms with Crippen molar-refractivity contribution in [3.05, 3.63) is 53.7 Å². The van der Waals surface area contributed by atoms with E-state index in [0.717, 1.165) is 11.1 Å². The van der Waals surface area contributed by atoms with Gasteiger partial charge in [0.1, 0.15) is 6.10 Å². The molecule has 2 aromatic heterocycles. The average molecular weight is 245 g/mol. The first kappa shape index (κ1) is 12.4. The van der Waals surface area contributed by atoms with Gasteiger partial charge in [0.2, 0.25) is 5.76 Å². The zero-order chi connectivity index (χ0) is 13.0.